The number of ether oxygens (including phenoxy) is 1. The van der Waals surface area contributed by atoms with Crippen LogP contribution in [0.4, 0.5) is 11.9 Å². The monoisotopic (exact) mass is 223 g/mol. The summed E-state index contributed by atoms with van der Waals surface area (Å²) in [5.41, 5.74) is 5.61. The smallest absolute Gasteiger partial charge is 0.322 e. The van der Waals surface area contributed by atoms with Crippen LogP contribution in [0.1, 0.15) is 20.3 Å². The topological polar surface area (TPSA) is 77.2 Å². The van der Waals surface area contributed by atoms with Crippen LogP contribution in [0.2, 0.25) is 0 Å². The van der Waals surface area contributed by atoms with Crippen LogP contribution in [0.15, 0.2) is 0 Å². The third kappa shape index (κ3) is 2.00. The van der Waals surface area contributed by atoms with Crippen LogP contribution in [0.3, 0.4) is 0 Å². The van der Waals surface area contributed by atoms with Crippen LogP contribution in [0.25, 0.3) is 0 Å². The summed E-state index contributed by atoms with van der Waals surface area (Å²) >= 11 is 0. The average molecular weight is 223 g/mol. The molecule has 2 N–H and O–H groups in total. The molecule has 1 aromatic heterocycles. The summed E-state index contributed by atoms with van der Waals surface area (Å²) in [6.07, 6.45) is 1.15. The van der Waals surface area contributed by atoms with E-state index in [-0.39, 0.29) is 12.0 Å². The Morgan fingerprint density at radius 3 is 2.62 bits per heavy atom. The molecule has 0 spiro atoms. The molecule has 2 unspecified atom stereocenters. The number of rotatable bonds is 2. The zero-order valence-corrected chi connectivity index (χ0v) is 9.84. The van der Waals surface area contributed by atoms with E-state index in [0.717, 1.165) is 13.0 Å². The largest absolute Gasteiger partial charge is 0.467 e. The van der Waals surface area contributed by atoms with Gasteiger partial charge in [-0.15, -0.1) is 0 Å². The number of hydrogen-bond acceptors (Lipinski definition) is 6. The lowest BCUT2D eigenvalue weighted by molar-refractivity contribution is 0.378. The first kappa shape index (κ1) is 10.9. The van der Waals surface area contributed by atoms with E-state index in [1.54, 1.807) is 0 Å². The Balaban J connectivity index is 2.29. The maximum absolute atomic E-state index is 5.61. The number of nitrogens with zero attached hydrogens (tertiary/aromatic N) is 4. The van der Waals surface area contributed by atoms with E-state index < -0.39 is 0 Å². The highest BCUT2D eigenvalue weighted by molar-refractivity contribution is 5.38. The molecule has 1 aromatic rings. The SMILES string of the molecule is COc1nc(N)nc(N2CC(C)CC2C)n1. The van der Waals surface area contributed by atoms with Gasteiger partial charge in [0, 0.05) is 12.6 Å². The number of methoxy groups -OCH3 is 1. The van der Waals surface area contributed by atoms with Crippen molar-refractivity contribution in [3.8, 4) is 6.01 Å². The van der Waals surface area contributed by atoms with Crippen molar-refractivity contribution < 1.29 is 4.74 Å². The van der Waals surface area contributed by atoms with E-state index in [0.29, 0.717) is 17.9 Å². The summed E-state index contributed by atoms with van der Waals surface area (Å²) in [7, 11) is 1.52. The molecule has 2 rings (SSSR count). The van der Waals surface area contributed by atoms with E-state index >= 15 is 0 Å². The Morgan fingerprint density at radius 1 is 1.31 bits per heavy atom. The van der Waals surface area contributed by atoms with Gasteiger partial charge in [-0.1, -0.05) is 6.92 Å². The van der Waals surface area contributed by atoms with Crippen molar-refractivity contribution in [1.82, 2.24) is 15.0 Å². The van der Waals surface area contributed by atoms with E-state index in [2.05, 4.69) is 33.7 Å². The van der Waals surface area contributed by atoms with Crippen LogP contribution in [-0.2, 0) is 0 Å². The highest BCUT2D eigenvalue weighted by atomic mass is 16.5. The minimum atomic E-state index is 0.202. The molecule has 2 atom stereocenters. The Bertz CT molecular complexity index is 383. The highest BCUT2D eigenvalue weighted by Gasteiger charge is 2.28. The van der Waals surface area contributed by atoms with E-state index in [1.165, 1.54) is 7.11 Å². The fraction of sp³-hybridized carbons (Fsp3) is 0.700. The lowest BCUT2D eigenvalue weighted by atomic mass is 10.1. The Morgan fingerprint density at radius 2 is 2.06 bits per heavy atom. The van der Waals surface area contributed by atoms with E-state index in [9.17, 15) is 0 Å². The maximum atomic E-state index is 5.61. The Kier molecular flexibility index (Phi) is 2.80. The molecule has 0 saturated carbocycles. The molecule has 0 radical (unpaired) electrons. The van der Waals surface area contributed by atoms with Crippen molar-refractivity contribution >= 4 is 11.9 Å². The second-order valence-corrected chi connectivity index (χ2v) is 4.32. The van der Waals surface area contributed by atoms with E-state index in [4.69, 9.17) is 10.5 Å². The predicted octanol–water partition coefficient (Wildman–Crippen LogP) is 0.697. The van der Waals surface area contributed by atoms with Crippen molar-refractivity contribution in [1.29, 1.82) is 0 Å². The van der Waals surface area contributed by atoms with Crippen molar-refractivity contribution in [2.45, 2.75) is 26.3 Å². The summed E-state index contributed by atoms with van der Waals surface area (Å²) in [4.78, 5) is 14.4. The number of aromatic nitrogens is 3. The molecular formula is C10H17N5O. The zero-order valence-electron chi connectivity index (χ0n) is 9.84. The Hall–Kier alpha value is -1.59. The minimum Gasteiger partial charge on any atom is -0.467 e. The molecule has 88 valence electrons. The lowest BCUT2D eigenvalue weighted by Gasteiger charge is -2.21. The van der Waals surface area contributed by atoms with Gasteiger partial charge in [0.25, 0.3) is 0 Å². The predicted molar refractivity (Wildman–Crippen MR) is 61.4 cm³/mol. The molecule has 0 aliphatic carbocycles. The van der Waals surface area contributed by atoms with Crippen LogP contribution in [0, 0.1) is 5.92 Å². The number of nitrogens with two attached hydrogens (primary N) is 1. The number of anilines is 2. The molecule has 1 aliphatic heterocycles. The van der Waals surface area contributed by atoms with Crippen LogP contribution < -0.4 is 15.4 Å². The first-order chi connectivity index (χ1) is 7.60. The second kappa shape index (κ2) is 4.11. The van der Waals surface area contributed by atoms with Gasteiger partial charge in [0.1, 0.15) is 0 Å². The first-order valence-corrected chi connectivity index (χ1v) is 5.42. The lowest BCUT2D eigenvalue weighted by Crippen LogP contribution is -2.29. The zero-order chi connectivity index (χ0) is 11.7. The van der Waals surface area contributed by atoms with Gasteiger partial charge in [-0.2, -0.15) is 15.0 Å². The molecule has 6 nitrogen and oxygen atoms in total. The standard InChI is InChI=1S/C10H17N5O/c1-6-4-7(2)15(5-6)9-12-8(11)13-10(14-9)16-3/h6-7H,4-5H2,1-3H3,(H2,11,12,13,14). The average Bonchev–Trinajstić information content (AvgIpc) is 2.57. The first-order valence-electron chi connectivity index (χ1n) is 5.42. The van der Waals surface area contributed by atoms with Crippen LogP contribution in [0.5, 0.6) is 6.01 Å². The van der Waals surface area contributed by atoms with Crippen molar-refractivity contribution in [2.75, 3.05) is 24.3 Å². The molecule has 16 heavy (non-hydrogen) atoms. The minimum absolute atomic E-state index is 0.202. The molecule has 0 bridgehead atoms. The number of nitrogen functional groups attached to an aromatic ring is 1. The van der Waals surface area contributed by atoms with Gasteiger partial charge >= 0.3 is 6.01 Å². The summed E-state index contributed by atoms with van der Waals surface area (Å²) in [6, 6.07) is 0.704. The molecule has 6 heteroatoms. The molecule has 2 heterocycles. The van der Waals surface area contributed by atoms with Crippen LogP contribution >= 0.6 is 0 Å². The maximum Gasteiger partial charge on any atom is 0.322 e. The van der Waals surface area contributed by atoms with Gasteiger partial charge < -0.3 is 15.4 Å². The molecule has 1 aliphatic rings. The van der Waals surface area contributed by atoms with E-state index in [1.807, 2.05) is 0 Å². The van der Waals surface area contributed by atoms with Crippen molar-refractivity contribution in [3.63, 3.8) is 0 Å². The van der Waals surface area contributed by atoms with Gasteiger partial charge in [-0.25, -0.2) is 0 Å². The summed E-state index contributed by atoms with van der Waals surface area (Å²) in [6.45, 7) is 5.34. The quantitative estimate of drug-likeness (QED) is 0.795. The van der Waals surface area contributed by atoms with Gasteiger partial charge in [0.05, 0.1) is 7.11 Å². The molecular weight excluding hydrogens is 206 g/mol. The summed E-state index contributed by atoms with van der Waals surface area (Å²) in [5.74, 6) is 1.47. The number of hydrogen-bond donors (Lipinski definition) is 1. The highest BCUT2D eigenvalue weighted by Crippen LogP contribution is 2.26. The van der Waals surface area contributed by atoms with Crippen molar-refractivity contribution in [3.05, 3.63) is 0 Å². The molecule has 1 fully saturated rings. The van der Waals surface area contributed by atoms with Gasteiger partial charge in [-0.05, 0) is 19.3 Å². The third-order valence-corrected chi connectivity index (χ3v) is 2.84. The fourth-order valence-corrected chi connectivity index (χ4v) is 2.16. The third-order valence-electron chi connectivity index (χ3n) is 2.84. The van der Waals surface area contributed by atoms with Gasteiger partial charge in [0.15, 0.2) is 0 Å². The molecule has 1 saturated heterocycles. The molecule has 0 aromatic carbocycles. The van der Waals surface area contributed by atoms with Crippen LogP contribution in [-0.4, -0.2) is 34.6 Å². The summed E-state index contributed by atoms with van der Waals surface area (Å²) in [5, 5.41) is 0. The second-order valence-electron chi connectivity index (χ2n) is 4.32. The normalized spacial score (nSPS) is 24.8. The molecule has 0 amide bonds. The fourth-order valence-electron chi connectivity index (χ4n) is 2.16. The summed E-state index contributed by atoms with van der Waals surface area (Å²) < 4.78 is 4.99. The Labute approximate surface area is 94.9 Å². The van der Waals surface area contributed by atoms with Gasteiger partial charge in [0.2, 0.25) is 11.9 Å². The van der Waals surface area contributed by atoms with Gasteiger partial charge in [-0.3, -0.25) is 0 Å². The van der Waals surface area contributed by atoms with Crippen molar-refractivity contribution in [2.24, 2.45) is 5.92 Å².